The maximum absolute atomic E-state index is 12.2. The Labute approximate surface area is 135 Å². The van der Waals surface area contributed by atoms with Crippen LogP contribution < -0.4 is 11.1 Å². The van der Waals surface area contributed by atoms with Crippen LogP contribution in [0.4, 0.5) is 4.79 Å². The SMILES string of the molecule is CC(C)(CNC(=O)N1CC[C@@H](C(N)=O)C1)c1ccccc1Cl. The van der Waals surface area contributed by atoms with Gasteiger partial charge in [0.2, 0.25) is 5.91 Å². The third-order valence-corrected chi connectivity index (χ3v) is 4.49. The fourth-order valence-corrected chi connectivity index (χ4v) is 3.08. The molecule has 1 aliphatic heterocycles. The van der Waals surface area contributed by atoms with Crippen LogP contribution in [-0.4, -0.2) is 36.5 Å². The van der Waals surface area contributed by atoms with Gasteiger partial charge in [0.1, 0.15) is 0 Å². The standard InChI is InChI=1S/C16H22ClN3O2/c1-16(2,12-5-3-4-6-13(12)17)10-19-15(22)20-8-7-11(9-20)14(18)21/h3-6,11H,7-10H2,1-2H3,(H2,18,21)(H,19,22)/t11-/m1/s1. The number of urea groups is 1. The zero-order valence-corrected chi connectivity index (χ0v) is 13.7. The fraction of sp³-hybridized carbons (Fsp3) is 0.500. The predicted molar refractivity (Wildman–Crippen MR) is 86.8 cm³/mol. The fourth-order valence-electron chi connectivity index (χ4n) is 2.69. The highest BCUT2D eigenvalue weighted by Gasteiger charge is 2.31. The summed E-state index contributed by atoms with van der Waals surface area (Å²) in [7, 11) is 0. The van der Waals surface area contributed by atoms with Gasteiger partial charge in [0, 0.05) is 30.1 Å². The first-order valence-electron chi connectivity index (χ1n) is 7.38. The highest BCUT2D eigenvalue weighted by atomic mass is 35.5. The van der Waals surface area contributed by atoms with E-state index in [-0.39, 0.29) is 23.3 Å². The molecule has 1 atom stereocenters. The summed E-state index contributed by atoms with van der Waals surface area (Å²) in [5.41, 5.74) is 6.00. The van der Waals surface area contributed by atoms with Gasteiger partial charge in [0.25, 0.3) is 0 Å². The van der Waals surface area contributed by atoms with Crippen LogP contribution in [0.5, 0.6) is 0 Å². The lowest BCUT2D eigenvalue weighted by Gasteiger charge is -2.28. The van der Waals surface area contributed by atoms with E-state index in [1.165, 1.54) is 0 Å². The predicted octanol–water partition coefficient (Wildman–Crippen LogP) is 2.13. The molecule has 3 amide bonds. The first-order valence-corrected chi connectivity index (χ1v) is 7.76. The lowest BCUT2D eigenvalue weighted by Crippen LogP contribution is -2.44. The lowest BCUT2D eigenvalue weighted by atomic mass is 9.84. The monoisotopic (exact) mass is 323 g/mol. The molecule has 2 rings (SSSR count). The molecule has 120 valence electrons. The van der Waals surface area contributed by atoms with E-state index in [2.05, 4.69) is 5.32 Å². The van der Waals surface area contributed by atoms with Gasteiger partial charge < -0.3 is 16.0 Å². The number of benzene rings is 1. The third-order valence-electron chi connectivity index (χ3n) is 4.16. The second-order valence-electron chi connectivity index (χ2n) is 6.36. The largest absolute Gasteiger partial charge is 0.369 e. The Bertz CT molecular complexity index is 574. The number of nitrogens with one attached hydrogen (secondary N) is 1. The van der Waals surface area contributed by atoms with Crippen LogP contribution in [0, 0.1) is 5.92 Å². The molecule has 6 heteroatoms. The van der Waals surface area contributed by atoms with Crippen molar-refractivity contribution in [1.29, 1.82) is 0 Å². The normalized spacial score (nSPS) is 18.3. The first-order chi connectivity index (χ1) is 10.3. The van der Waals surface area contributed by atoms with E-state index < -0.39 is 0 Å². The Kier molecular flexibility index (Phi) is 4.96. The molecule has 0 bridgehead atoms. The van der Waals surface area contributed by atoms with Crippen LogP contribution in [0.15, 0.2) is 24.3 Å². The molecular weight excluding hydrogens is 302 g/mol. The third kappa shape index (κ3) is 3.71. The molecule has 1 aliphatic rings. The van der Waals surface area contributed by atoms with Crippen molar-refractivity contribution in [2.75, 3.05) is 19.6 Å². The molecule has 1 aromatic rings. The number of halogens is 1. The van der Waals surface area contributed by atoms with Gasteiger partial charge in [-0.15, -0.1) is 0 Å². The van der Waals surface area contributed by atoms with E-state index in [1.807, 2.05) is 38.1 Å². The number of likely N-dealkylation sites (tertiary alicyclic amines) is 1. The summed E-state index contributed by atoms with van der Waals surface area (Å²) in [5.74, 6) is -0.575. The molecule has 0 spiro atoms. The van der Waals surface area contributed by atoms with E-state index in [4.69, 9.17) is 17.3 Å². The van der Waals surface area contributed by atoms with Crippen LogP contribution in [0.1, 0.15) is 25.8 Å². The minimum Gasteiger partial charge on any atom is -0.369 e. The maximum atomic E-state index is 12.2. The Balaban J connectivity index is 1.94. The van der Waals surface area contributed by atoms with Gasteiger partial charge in [-0.3, -0.25) is 4.79 Å². The quantitative estimate of drug-likeness (QED) is 0.890. The minimum absolute atomic E-state index is 0.163. The molecule has 5 nitrogen and oxygen atoms in total. The number of hydrogen-bond donors (Lipinski definition) is 2. The molecule has 1 fully saturated rings. The smallest absolute Gasteiger partial charge is 0.317 e. The van der Waals surface area contributed by atoms with E-state index in [0.29, 0.717) is 31.1 Å². The summed E-state index contributed by atoms with van der Waals surface area (Å²) in [6.07, 6.45) is 0.636. The summed E-state index contributed by atoms with van der Waals surface area (Å²) in [4.78, 5) is 25.0. The molecule has 0 aromatic heterocycles. The van der Waals surface area contributed by atoms with Crippen molar-refractivity contribution < 1.29 is 9.59 Å². The molecule has 1 aromatic carbocycles. The van der Waals surface area contributed by atoms with Crippen LogP contribution >= 0.6 is 11.6 Å². The van der Waals surface area contributed by atoms with Gasteiger partial charge in [-0.2, -0.15) is 0 Å². The average molecular weight is 324 g/mol. The molecule has 22 heavy (non-hydrogen) atoms. The molecule has 0 aliphatic carbocycles. The topological polar surface area (TPSA) is 75.4 Å². The summed E-state index contributed by atoms with van der Waals surface area (Å²) in [6, 6.07) is 7.47. The van der Waals surface area contributed by atoms with Gasteiger partial charge in [-0.25, -0.2) is 4.79 Å². The number of nitrogens with two attached hydrogens (primary N) is 1. The lowest BCUT2D eigenvalue weighted by molar-refractivity contribution is -0.121. The van der Waals surface area contributed by atoms with Crippen LogP contribution in [0.2, 0.25) is 5.02 Å². The van der Waals surface area contributed by atoms with E-state index >= 15 is 0 Å². The average Bonchev–Trinajstić information content (AvgIpc) is 2.95. The summed E-state index contributed by atoms with van der Waals surface area (Å²) in [5, 5.41) is 3.62. The van der Waals surface area contributed by atoms with Crippen molar-refractivity contribution in [3.8, 4) is 0 Å². The summed E-state index contributed by atoms with van der Waals surface area (Å²) < 4.78 is 0. The molecule has 3 N–H and O–H groups in total. The van der Waals surface area contributed by atoms with Crippen molar-refractivity contribution in [3.63, 3.8) is 0 Å². The summed E-state index contributed by atoms with van der Waals surface area (Å²) >= 11 is 6.23. The molecular formula is C16H22ClN3O2. The second-order valence-corrected chi connectivity index (χ2v) is 6.76. The number of amides is 3. The highest BCUT2D eigenvalue weighted by Crippen LogP contribution is 2.29. The number of nitrogens with zero attached hydrogens (tertiary/aromatic N) is 1. The molecule has 1 saturated heterocycles. The highest BCUT2D eigenvalue weighted by molar-refractivity contribution is 6.31. The zero-order chi connectivity index (χ0) is 16.3. The van der Waals surface area contributed by atoms with Gasteiger partial charge in [0.15, 0.2) is 0 Å². The van der Waals surface area contributed by atoms with Crippen LogP contribution in [-0.2, 0) is 10.2 Å². The Hall–Kier alpha value is -1.75. The van der Waals surface area contributed by atoms with Crippen molar-refractivity contribution >= 4 is 23.5 Å². The van der Waals surface area contributed by atoms with E-state index in [9.17, 15) is 9.59 Å². The molecule has 1 heterocycles. The number of primary amides is 1. The molecule has 0 radical (unpaired) electrons. The van der Waals surface area contributed by atoms with Gasteiger partial charge in [-0.1, -0.05) is 43.6 Å². The van der Waals surface area contributed by atoms with Crippen molar-refractivity contribution in [3.05, 3.63) is 34.9 Å². The summed E-state index contributed by atoms with van der Waals surface area (Å²) in [6.45, 7) is 5.49. The van der Waals surface area contributed by atoms with Gasteiger partial charge >= 0.3 is 6.03 Å². The van der Waals surface area contributed by atoms with Gasteiger partial charge in [0.05, 0.1) is 5.92 Å². The molecule has 0 unspecified atom stereocenters. The maximum Gasteiger partial charge on any atom is 0.317 e. The van der Waals surface area contributed by atoms with Crippen molar-refractivity contribution in [1.82, 2.24) is 10.2 Å². The van der Waals surface area contributed by atoms with Crippen molar-refractivity contribution in [2.24, 2.45) is 11.7 Å². The zero-order valence-electron chi connectivity index (χ0n) is 12.9. The van der Waals surface area contributed by atoms with Crippen LogP contribution in [0.25, 0.3) is 0 Å². The molecule has 0 saturated carbocycles. The van der Waals surface area contributed by atoms with Crippen molar-refractivity contribution in [2.45, 2.75) is 25.7 Å². The Morgan fingerprint density at radius 3 is 2.68 bits per heavy atom. The number of carbonyl (C=O) groups excluding carboxylic acids is 2. The Morgan fingerprint density at radius 1 is 1.41 bits per heavy atom. The van der Waals surface area contributed by atoms with Gasteiger partial charge in [-0.05, 0) is 18.1 Å². The Morgan fingerprint density at radius 2 is 2.09 bits per heavy atom. The number of carbonyl (C=O) groups is 2. The number of rotatable bonds is 4. The minimum atomic E-state index is -0.341. The first kappa shape index (κ1) is 16.6. The van der Waals surface area contributed by atoms with E-state index in [1.54, 1.807) is 4.90 Å². The second kappa shape index (κ2) is 6.57. The van der Waals surface area contributed by atoms with Crippen LogP contribution in [0.3, 0.4) is 0 Å². The number of hydrogen-bond acceptors (Lipinski definition) is 2. The van der Waals surface area contributed by atoms with E-state index in [0.717, 1.165) is 5.56 Å².